The molecule has 21 heavy (non-hydrogen) atoms. The molecule has 3 rings (SSSR count). The number of benzene rings is 1. The fourth-order valence-corrected chi connectivity index (χ4v) is 3.04. The van der Waals surface area contributed by atoms with E-state index in [1.807, 2.05) is 12.1 Å². The van der Waals surface area contributed by atoms with Crippen molar-refractivity contribution < 1.29 is 9.15 Å². The van der Waals surface area contributed by atoms with Gasteiger partial charge >= 0.3 is 5.76 Å². The predicted octanol–water partition coefficient (Wildman–Crippen LogP) is 2.59. The average molecular weight is 290 g/mol. The Labute approximate surface area is 123 Å². The monoisotopic (exact) mass is 290 g/mol. The van der Waals surface area contributed by atoms with Gasteiger partial charge in [-0.05, 0) is 43.5 Å². The van der Waals surface area contributed by atoms with Gasteiger partial charge in [-0.15, -0.1) is 0 Å². The van der Waals surface area contributed by atoms with Gasteiger partial charge in [0.25, 0.3) is 0 Å². The Balaban J connectivity index is 1.89. The first-order valence-electron chi connectivity index (χ1n) is 7.72. The smallest absolute Gasteiger partial charge is 0.408 e. The van der Waals surface area contributed by atoms with Crippen molar-refractivity contribution in [1.29, 1.82) is 0 Å². The summed E-state index contributed by atoms with van der Waals surface area (Å²) in [6.45, 7) is 4.78. The van der Waals surface area contributed by atoms with E-state index in [1.165, 1.54) is 0 Å². The van der Waals surface area contributed by atoms with Gasteiger partial charge in [0.1, 0.15) is 0 Å². The van der Waals surface area contributed by atoms with Crippen LogP contribution in [0, 0.1) is 5.92 Å². The maximum absolute atomic E-state index is 11.3. The Kier molecular flexibility index (Phi) is 4.41. The molecule has 1 aromatic carbocycles. The van der Waals surface area contributed by atoms with Crippen LogP contribution >= 0.6 is 0 Å². The van der Waals surface area contributed by atoms with Gasteiger partial charge in [-0.3, -0.25) is 4.98 Å². The summed E-state index contributed by atoms with van der Waals surface area (Å²) in [4.78, 5) is 14.0. The average Bonchev–Trinajstić information content (AvgIpc) is 2.88. The third-order valence-electron chi connectivity index (χ3n) is 4.09. The highest BCUT2D eigenvalue weighted by atomic mass is 16.5. The second kappa shape index (κ2) is 6.45. The highest BCUT2D eigenvalue weighted by Crippen LogP contribution is 2.30. The molecule has 2 unspecified atom stereocenters. The van der Waals surface area contributed by atoms with Crippen molar-refractivity contribution in [3.63, 3.8) is 0 Å². The SMILES string of the molecule is CCCNC(c1ccc2[nH]c(=O)oc2c1)C1CCCOC1. The molecular formula is C16H22N2O3. The summed E-state index contributed by atoms with van der Waals surface area (Å²) in [5.74, 6) is 0.0645. The number of rotatable bonds is 5. The number of nitrogens with one attached hydrogen (secondary N) is 2. The van der Waals surface area contributed by atoms with E-state index in [0.29, 0.717) is 11.5 Å². The van der Waals surface area contributed by atoms with Crippen LogP contribution in [0.4, 0.5) is 0 Å². The molecule has 5 nitrogen and oxygen atoms in total. The molecule has 2 atom stereocenters. The molecule has 1 aromatic heterocycles. The Morgan fingerprint density at radius 2 is 2.38 bits per heavy atom. The number of ether oxygens (including phenoxy) is 1. The van der Waals surface area contributed by atoms with E-state index in [9.17, 15) is 4.79 Å². The zero-order valence-corrected chi connectivity index (χ0v) is 12.4. The molecule has 2 N–H and O–H groups in total. The van der Waals surface area contributed by atoms with Crippen molar-refractivity contribution in [3.05, 3.63) is 34.3 Å². The topological polar surface area (TPSA) is 67.3 Å². The van der Waals surface area contributed by atoms with Crippen molar-refractivity contribution in [2.75, 3.05) is 19.8 Å². The first-order chi connectivity index (χ1) is 10.3. The Hall–Kier alpha value is -1.59. The van der Waals surface area contributed by atoms with Crippen LogP contribution in [0.1, 0.15) is 37.8 Å². The van der Waals surface area contributed by atoms with Crippen LogP contribution in [-0.4, -0.2) is 24.7 Å². The number of aromatic nitrogens is 1. The number of hydrogen-bond acceptors (Lipinski definition) is 4. The molecule has 0 aliphatic carbocycles. The number of fused-ring (bicyclic) bond motifs is 1. The van der Waals surface area contributed by atoms with Crippen LogP contribution in [0.5, 0.6) is 0 Å². The molecule has 0 spiro atoms. The largest absolute Gasteiger partial charge is 0.417 e. The fourth-order valence-electron chi connectivity index (χ4n) is 3.04. The van der Waals surface area contributed by atoms with Crippen molar-refractivity contribution in [1.82, 2.24) is 10.3 Å². The minimum absolute atomic E-state index is 0.245. The number of oxazole rings is 1. The highest BCUT2D eigenvalue weighted by Gasteiger charge is 2.25. The van der Waals surface area contributed by atoms with Gasteiger partial charge < -0.3 is 14.5 Å². The maximum Gasteiger partial charge on any atom is 0.417 e. The molecule has 0 bridgehead atoms. The zero-order chi connectivity index (χ0) is 14.7. The molecular weight excluding hydrogens is 268 g/mol. The number of hydrogen-bond donors (Lipinski definition) is 2. The zero-order valence-electron chi connectivity index (χ0n) is 12.4. The van der Waals surface area contributed by atoms with Gasteiger partial charge in [-0.25, -0.2) is 4.79 Å². The third kappa shape index (κ3) is 3.19. The van der Waals surface area contributed by atoms with Crippen LogP contribution in [0.3, 0.4) is 0 Å². The molecule has 2 heterocycles. The van der Waals surface area contributed by atoms with Crippen molar-refractivity contribution in [3.8, 4) is 0 Å². The molecule has 1 aliphatic heterocycles. The van der Waals surface area contributed by atoms with Gasteiger partial charge in [0.05, 0.1) is 12.1 Å². The quantitative estimate of drug-likeness (QED) is 0.888. The first kappa shape index (κ1) is 14.4. The minimum Gasteiger partial charge on any atom is -0.408 e. The van der Waals surface area contributed by atoms with Gasteiger partial charge in [0.15, 0.2) is 5.58 Å². The molecule has 1 fully saturated rings. The lowest BCUT2D eigenvalue weighted by Gasteiger charge is -2.31. The van der Waals surface area contributed by atoms with Crippen LogP contribution < -0.4 is 11.1 Å². The van der Waals surface area contributed by atoms with Crippen molar-refractivity contribution in [2.24, 2.45) is 5.92 Å². The minimum atomic E-state index is -0.402. The molecule has 5 heteroatoms. The summed E-state index contributed by atoms with van der Waals surface area (Å²) < 4.78 is 10.8. The van der Waals surface area contributed by atoms with Gasteiger partial charge in [-0.1, -0.05) is 13.0 Å². The Morgan fingerprint density at radius 1 is 1.48 bits per heavy atom. The standard InChI is InChI=1S/C16H22N2O3/c1-2-7-17-15(12-4-3-8-20-10-12)11-5-6-13-14(9-11)21-16(19)18-13/h5-6,9,12,15,17H,2-4,7-8,10H2,1H3,(H,18,19). The summed E-state index contributed by atoms with van der Waals surface area (Å²) in [6, 6.07) is 6.19. The molecule has 1 aliphatic rings. The van der Waals surface area contributed by atoms with E-state index in [-0.39, 0.29) is 6.04 Å². The summed E-state index contributed by atoms with van der Waals surface area (Å²) in [6.07, 6.45) is 3.36. The van der Waals surface area contributed by atoms with Crippen LogP contribution in [0.2, 0.25) is 0 Å². The van der Waals surface area contributed by atoms with Gasteiger partial charge in [0.2, 0.25) is 0 Å². The summed E-state index contributed by atoms with van der Waals surface area (Å²) in [5, 5.41) is 3.62. The lowest BCUT2D eigenvalue weighted by Crippen LogP contribution is -2.33. The van der Waals surface area contributed by atoms with Crippen LogP contribution in [0.15, 0.2) is 27.4 Å². The van der Waals surface area contributed by atoms with Crippen LogP contribution in [0.25, 0.3) is 11.1 Å². The predicted molar refractivity (Wildman–Crippen MR) is 81.4 cm³/mol. The second-order valence-corrected chi connectivity index (χ2v) is 5.68. The molecule has 1 saturated heterocycles. The Bertz CT molecular complexity index is 640. The number of aromatic amines is 1. The fraction of sp³-hybridized carbons (Fsp3) is 0.562. The van der Waals surface area contributed by atoms with E-state index < -0.39 is 5.76 Å². The van der Waals surface area contributed by atoms with E-state index in [2.05, 4.69) is 23.3 Å². The Morgan fingerprint density at radius 3 is 3.14 bits per heavy atom. The highest BCUT2D eigenvalue weighted by molar-refractivity contribution is 5.72. The normalized spacial score (nSPS) is 20.7. The first-order valence-corrected chi connectivity index (χ1v) is 7.72. The molecule has 0 radical (unpaired) electrons. The lowest BCUT2D eigenvalue weighted by atomic mass is 9.88. The summed E-state index contributed by atoms with van der Waals surface area (Å²) >= 11 is 0. The summed E-state index contributed by atoms with van der Waals surface area (Å²) in [7, 11) is 0. The van der Waals surface area contributed by atoms with E-state index >= 15 is 0 Å². The molecule has 2 aromatic rings. The van der Waals surface area contributed by atoms with Gasteiger partial charge in [0, 0.05) is 18.6 Å². The van der Waals surface area contributed by atoms with E-state index in [0.717, 1.165) is 50.1 Å². The van der Waals surface area contributed by atoms with Crippen molar-refractivity contribution >= 4 is 11.1 Å². The van der Waals surface area contributed by atoms with E-state index in [1.54, 1.807) is 0 Å². The van der Waals surface area contributed by atoms with E-state index in [4.69, 9.17) is 9.15 Å². The lowest BCUT2D eigenvalue weighted by molar-refractivity contribution is 0.0390. The molecule has 114 valence electrons. The number of H-pyrrole nitrogens is 1. The molecule has 0 amide bonds. The summed E-state index contributed by atoms with van der Waals surface area (Å²) in [5.41, 5.74) is 2.53. The third-order valence-corrected chi connectivity index (χ3v) is 4.09. The second-order valence-electron chi connectivity index (χ2n) is 5.68. The molecule has 0 saturated carbocycles. The maximum atomic E-state index is 11.3. The van der Waals surface area contributed by atoms with Crippen molar-refractivity contribution in [2.45, 2.75) is 32.2 Å². The van der Waals surface area contributed by atoms with Crippen LogP contribution in [-0.2, 0) is 4.74 Å². The van der Waals surface area contributed by atoms with Gasteiger partial charge in [-0.2, -0.15) is 0 Å².